The molecule has 0 unspecified atom stereocenters. The van der Waals surface area contributed by atoms with E-state index in [0.29, 0.717) is 0 Å². The van der Waals surface area contributed by atoms with E-state index < -0.39 is 0 Å². The van der Waals surface area contributed by atoms with Crippen molar-refractivity contribution in [1.82, 2.24) is 25.5 Å². The molecule has 0 amide bonds. The van der Waals surface area contributed by atoms with Gasteiger partial charge in [0.2, 0.25) is 5.16 Å². The topological polar surface area (TPSA) is 68.8 Å². The minimum absolute atomic E-state index is 0.734. The van der Waals surface area contributed by atoms with E-state index in [4.69, 9.17) is 4.42 Å². The van der Waals surface area contributed by atoms with Gasteiger partial charge in [0, 0.05) is 12.3 Å². The van der Waals surface area contributed by atoms with Gasteiger partial charge < -0.3 is 9.73 Å². The lowest BCUT2D eigenvalue weighted by molar-refractivity contribution is 0.466. The number of hydrogen-bond acceptors (Lipinski definition) is 6. The van der Waals surface area contributed by atoms with Crippen LogP contribution in [0.15, 0.2) is 52.0 Å². The first-order valence-corrected chi connectivity index (χ1v) is 8.04. The van der Waals surface area contributed by atoms with Crippen molar-refractivity contribution in [2.24, 2.45) is 0 Å². The molecule has 7 heteroatoms. The van der Waals surface area contributed by atoms with Crippen LogP contribution in [0.4, 0.5) is 0 Å². The van der Waals surface area contributed by atoms with Crippen molar-refractivity contribution in [3.8, 4) is 5.69 Å². The molecule has 0 radical (unpaired) electrons. The van der Waals surface area contributed by atoms with Gasteiger partial charge in [-0.2, -0.15) is 4.68 Å². The molecule has 22 heavy (non-hydrogen) atoms. The summed E-state index contributed by atoms with van der Waals surface area (Å²) in [6, 6.07) is 13.8. The lowest BCUT2D eigenvalue weighted by Crippen LogP contribution is -2.16. The molecule has 3 rings (SSSR count). The maximum atomic E-state index is 5.51. The molecule has 0 aliphatic heterocycles. The zero-order chi connectivity index (χ0) is 15.2. The van der Waals surface area contributed by atoms with Crippen molar-refractivity contribution in [1.29, 1.82) is 0 Å². The third-order valence-electron chi connectivity index (χ3n) is 3.05. The summed E-state index contributed by atoms with van der Waals surface area (Å²) in [6.45, 7) is 3.53. The molecule has 0 aliphatic carbocycles. The third kappa shape index (κ3) is 3.75. The van der Waals surface area contributed by atoms with Gasteiger partial charge >= 0.3 is 0 Å². The fourth-order valence-corrected chi connectivity index (χ4v) is 2.79. The number of furan rings is 1. The van der Waals surface area contributed by atoms with E-state index in [1.807, 2.05) is 49.4 Å². The van der Waals surface area contributed by atoms with Gasteiger partial charge in [0.15, 0.2) is 0 Å². The van der Waals surface area contributed by atoms with Gasteiger partial charge in [-0.05, 0) is 41.6 Å². The molecule has 1 aromatic carbocycles. The van der Waals surface area contributed by atoms with Crippen molar-refractivity contribution < 1.29 is 4.42 Å². The molecule has 0 saturated heterocycles. The average molecular weight is 315 g/mol. The van der Waals surface area contributed by atoms with Crippen molar-refractivity contribution in [2.45, 2.75) is 18.6 Å². The largest absolute Gasteiger partial charge is 0.465 e. The van der Waals surface area contributed by atoms with Crippen LogP contribution in [0.25, 0.3) is 5.69 Å². The molecule has 0 fully saturated rings. The fraction of sp³-hybridized carbons (Fsp3) is 0.267. The Morgan fingerprint density at radius 1 is 1.18 bits per heavy atom. The number of aryl methyl sites for hydroxylation is 1. The first kappa shape index (κ1) is 14.8. The van der Waals surface area contributed by atoms with Crippen LogP contribution in [0.2, 0.25) is 0 Å². The molecule has 6 nitrogen and oxygen atoms in total. The van der Waals surface area contributed by atoms with Gasteiger partial charge in [0.1, 0.15) is 11.5 Å². The Labute approximate surface area is 132 Å². The van der Waals surface area contributed by atoms with E-state index >= 15 is 0 Å². The minimum atomic E-state index is 0.734. The smallest absolute Gasteiger partial charge is 0.214 e. The predicted octanol–water partition coefficient (Wildman–Crippen LogP) is 2.45. The number of benzene rings is 1. The quantitative estimate of drug-likeness (QED) is 0.533. The van der Waals surface area contributed by atoms with Gasteiger partial charge in [-0.3, -0.25) is 0 Å². The Hall–Kier alpha value is -2.12. The predicted molar refractivity (Wildman–Crippen MR) is 85.0 cm³/mol. The molecule has 0 aliphatic rings. The van der Waals surface area contributed by atoms with Crippen LogP contribution in [0.5, 0.6) is 0 Å². The number of thioether (sulfide) groups is 1. The summed E-state index contributed by atoms with van der Waals surface area (Å²) in [6.07, 6.45) is 0. The summed E-state index contributed by atoms with van der Waals surface area (Å²) in [7, 11) is 0. The summed E-state index contributed by atoms with van der Waals surface area (Å²) < 4.78 is 7.26. The fourth-order valence-electron chi connectivity index (χ4n) is 2.01. The van der Waals surface area contributed by atoms with Crippen LogP contribution < -0.4 is 5.32 Å². The molecule has 3 aromatic rings. The maximum absolute atomic E-state index is 5.51. The van der Waals surface area contributed by atoms with Crippen LogP contribution in [-0.2, 0) is 6.54 Å². The van der Waals surface area contributed by atoms with Crippen molar-refractivity contribution in [3.63, 3.8) is 0 Å². The van der Waals surface area contributed by atoms with Crippen molar-refractivity contribution >= 4 is 11.8 Å². The highest BCUT2D eigenvalue weighted by Crippen LogP contribution is 2.17. The summed E-state index contributed by atoms with van der Waals surface area (Å²) in [5.41, 5.74) is 0.967. The Kier molecular flexibility index (Phi) is 4.87. The van der Waals surface area contributed by atoms with Crippen LogP contribution in [0.3, 0.4) is 0 Å². The van der Waals surface area contributed by atoms with E-state index in [1.165, 1.54) is 0 Å². The molecule has 0 bridgehead atoms. The highest BCUT2D eigenvalue weighted by atomic mass is 32.2. The number of nitrogens with one attached hydrogen (secondary N) is 1. The molecule has 1 N–H and O–H groups in total. The standard InChI is InChI=1S/C15H17N5OS/c1-12-7-8-14(21-12)11-16-9-10-22-15-17-18-19-20(15)13-5-3-2-4-6-13/h2-8,16H,9-11H2,1H3. The molecule has 2 heterocycles. The Balaban J connectivity index is 1.47. The number of para-hydroxylation sites is 1. The van der Waals surface area contributed by atoms with E-state index in [9.17, 15) is 0 Å². The van der Waals surface area contributed by atoms with E-state index in [1.54, 1.807) is 16.4 Å². The number of tetrazole rings is 1. The van der Waals surface area contributed by atoms with E-state index in [2.05, 4.69) is 20.8 Å². The van der Waals surface area contributed by atoms with Gasteiger partial charge in [-0.15, -0.1) is 5.10 Å². The molecule has 114 valence electrons. The molecule has 0 atom stereocenters. The SMILES string of the molecule is Cc1ccc(CNCCSc2nnnn2-c2ccccc2)o1. The minimum Gasteiger partial charge on any atom is -0.465 e. The maximum Gasteiger partial charge on any atom is 0.214 e. The van der Waals surface area contributed by atoms with Gasteiger partial charge in [0.05, 0.1) is 12.2 Å². The van der Waals surface area contributed by atoms with Crippen molar-refractivity contribution in [3.05, 3.63) is 54.0 Å². The zero-order valence-electron chi connectivity index (χ0n) is 12.3. The Morgan fingerprint density at radius 2 is 2.05 bits per heavy atom. The van der Waals surface area contributed by atoms with Crippen LogP contribution in [-0.4, -0.2) is 32.5 Å². The lowest BCUT2D eigenvalue weighted by atomic mass is 10.3. The Morgan fingerprint density at radius 3 is 2.82 bits per heavy atom. The first-order valence-electron chi connectivity index (χ1n) is 7.05. The van der Waals surface area contributed by atoms with Gasteiger partial charge in [-0.1, -0.05) is 30.0 Å². The monoisotopic (exact) mass is 315 g/mol. The van der Waals surface area contributed by atoms with E-state index in [0.717, 1.165) is 41.2 Å². The van der Waals surface area contributed by atoms with Crippen LogP contribution in [0, 0.1) is 6.92 Å². The van der Waals surface area contributed by atoms with Gasteiger partial charge in [-0.25, -0.2) is 0 Å². The number of nitrogens with zero attached hydrogens (tertiary/aromatic N) is 4. The highest BCUT2D eigenvalue weighted by molar-refractivity contribution is 7.99. The van der Waals surface area contributed by atoms with Crippen LogP contribution >= 0.6 is 11.8 Å². The summed E-state index contributed by atoms with van der Waals surface area (Å²) in [4.78, 5) is 0. The number of hydrogen-bond donors (Lipinski definition) is 1. The van der Waals surface area contributed by atoms with Gasteiger partial charge in [0.25, 0.3) is 0 Å². The molecule has 0 spiro atoms. The molecule has 2 aromatic heterocycles. The molecular formula is C15H17N5OS. The summed E-state index contributed by atoms with van der Waals surface area (Å²) >= 11 is 1.62. The summed E-state index contributed by atoms with van der Waals surface area (Å²) in [5, 5.41) is 16.0. The third-order valence-corrected chi connectivity index (χ3v) is 3.97. The average Bonchev–Trinajstić information content (AvgIpc) is 3.17. The number of rotatable bonds is 7. The lowest BCUT2D eigenvalue weighted by Gasteiger charge is -2.04. The Bertz CT molecular complexity index is 710. The second-order valence-electron chi connectivity index (χ2n) is 4.75. The van der Waals surface area contributed by atoms with Crippen LogP contribution in [0.1, 0.15) is 11.5 Å². The number of aromatic nitrogens is 4. The van der Waals surface area contributed by atoms with Crippen molar-refractivity contribution in [2.75, 3.05) is 12.3 Å². The highest BCUT2D eigenvalue weighted by Gasteiger charge is 2.08. The summed E-state index contributed by atoms with van der Waals surface area (Å²) in [5.74, 6) is 2.78. The van der Waals surface area contributed by atoms with E-state index in [-0.39, 0.29) is 0 Å². The normalized spacial score (nSPS) is 11.0. The first-order chi connectivity index (χ1) is 10.8. The zero-order valence-corrected chi connectivity index (χ0v) is 13.1. The second kappa shape index (κ2) is 7.24. The molecule has 0 saturated carbocycles. The molecular weight excluding hydrogens is 298 g/mol. The second-order valence-corrected chi connectivity index (χ2v) is 5.81.